The molecule has 0 saturated carbocycles. The van der Waals surface area contributed by atoms with Crippen molar-refractivity contribution in [1.82, 2.24) is 14.9 Å². The summed E-state index contributed by atoms with van der Waals surface area (Å²) in [6.45, 7) is 5.07. The minimum Gasteiger partial charge on any atom is -0.359 e. The van der Waals surface area contributed by atoms with Gasteiger partial charge in [-0.25, -0.2) is 4.98 Å². The molecule has 19 heavy (non-hydrogen) atoms. The normalized spacial score (nSPS) is 10.8. The number of hydrogen-bond donors (Lipinski definition) is 1. The molecule has 5 nitrogen and oxygen atoms in total. The zero-order chi connectivity index (χ0) is 14.3. The third kappa shape index (κ3) is 5.74. The second kappa shape index (κ2) is 8.32. The van der Waals surface area contributed by atoms with Crippen LogP contribution in [0.4, 0.5) is 11.8 Å². The predicted octanol–water partition coefficient (Wildman–Crippen LogP) is 2.45. The van der Waals surface area contributed by atoms with Crippen molar-refractivity contribution in [2.24, 2.45) is 0 Å². The van der Waals surface area contributed by atoms with Gasteiger partial charge in [-0.15, -0.1) is 0 Å². The van der Waals surface area contributed by atoms with Crippen LogP contribution in [0.5, 0.6) is 0 Å². The lowest BCUT2D eigenvalue weighted by Gasteiger charge is -2.21. The third-order valence-corrected chi connectivity index (χ3v) is 3.28. The van der Waals surface area contributed by atoms with Crippen LogP contribution in [0, 0.1) is 0 Å². The molecule has 0 aliphatic rings. The number of rotatable bonds is 8. The van der Waals surface area contributed by atoms with Crippen molar-refractivity contribution >= 4 is 27.7 Å². The summed E-state index contributed by atoms with van der Waals surface area (Å²) in [4.78, 5) is 13.2. The first-order chi connectivity index (χ1) is 9.04. The van der Waals surface area contributed by atoms with Crippen LogP contribution in [0.25, 0.3) is 0 Å². The number of nitrogens with one attached hydrogen (secondary N) is 1. The summed E-state index contributed by atoms with van der Waals surface area (Å²) in [6, 6.07) is 0. The second-order valence-corrected chi connectivity index (χ2v) is 5.72. The zero-order valence-electron chi connectivity index (χ0n) is 12.3. The molecule has 6 heteroatoms. The number of aromatic nitrogens is 2. The molecule has 1 aromatic rings. The minimum atomic E-state index is 0.694. The van der Waals surface area contributed by atoms with E-state index in [1.165, 1.54) is 0 Å². The molecular formula is C13H24BrN5. The number of nitrogens with zero attached hydrogens (tertiary/aromatic N) is 4. The Morgan fingerprint density at radius 3 is 2.63 bits per heavy atom. The van der Waals surface area contributed by atoms with Gasteiger partial charge >= 0.3 is 0 Å². The fraction of sp³-hybridized carbons (Fsp3) is 0.692. The first kappa shape index (κ1) is 16.2. The molecule has 1 N–H and O–H groups in total. The molecule has 1 heterocycles. The highest BCUT2D eigenvalue weighted by atomic mass is 79.9. The molecule has 0 atom stereocenters. The summed E-state index contributed by atoms with van der Waals surface area (Å²) in [7, 11) is 6.24. The Morgan fingerprint density at radius 1 is 1.26 bits per heavy atom. The van der Waals surface area contributed by atoms with E-state index in [9.17, 15) is 0 Å². The van der Waals surface area contributed by atoms with Gasteiger partial charge in [0, 0.05) is 26.3 Å². The van der Waals surface area contributed by atoms with Crippen LogP contribution in [0.15, 0.2) is 10.7 Å². The van der Waals surface area contributed by atoms with Gasteiger partial charge < -0.3 is 15.1 Å². The number of hydrogen-bond acceptors (Lipinski definition) is 5. The van der Waals surface area contributed by atoms with Crippen molar-refractivity contribution in [1.29, 1.82) is 0 Å². The van der Waals surface area contributed by atoms with Gasteiger partial charge in [-0.2, -0.15) is 4.98 Å². The molecule has 0 radical (unpaired) electrons. The van der Waals surface area contributed by atoms with Crippen molar-refractivity contribution in [2.45, 2.75) is 19.8 Å². The molecule has 1 aromatic heterocycles. The highest BCUT2D eigenvalue weighted by molar-refractivity contribution is 9.10. The molecule has 0 aliphatic heterocycles. The van der Waals surface area contributed by atoms with E-state index in [2.05, 4.69) is 69.1 Å². The minimum absolute atomic E-state index is 0.694. The maximum absolute atomic E-state index is 4.55. The molecule has 1 rings (SSSR count). The van der Waals surface area contributed by atoms with Gasteiger partial charge in [0.05, 0.1) is 4.47 Å². The van der Waals surface area contributed by atoms with E-state index in [0.29, 0.717) is 5.95 Å². The highest BCUT2D eigenvalue weighted by Crippen LogP contribution is 2.23. The zero-order valence-corrected chi connectivity index (χ0v) is 13.9. The van der Waals surface area contributed by atoms with E-state index < -0.39 is 0 Å². The largest absolute Gasteiger partial charge is 0.359 e. The smallest absolute Gasteiger partial charge is 0.224 e. The van der Waals surface area contributed by atoms with Crippen molar-refractivity contribution in [3.05, 3.63) is 10.7 Å². The summed E-state index contributed by atoms with van der Waals surface area (Å²) < 4.78 is 0.932. The van der Waals surface area contributed by atoms with Crippen LogP contribution < -0.4 is 10.2 Å². The van der Waals surface area contributed by atoms with Gasteiger partial charge in [0.2, 0.25) is 5.95 Å². The molecule has 108 valence electrons. The van der Waals surface area contributed by atoms with Crippen molar-refractivity contribution in [3.63, 3.8) is 0 Å². The van der Waals surface area contributed by atoms with Crippen molar-refractivity contribution in [2.75, 3.05) is 51.0 Å². The van der Waals surface area contributed by atoms with E-state index >= 15 is 0 Å². The molecule has 0 amide bonds. The SMILES string of the molecule is CCCNc1ncc(Br)c(N(C)CCCN(C)C)n1. The number of anilines is 2. The summed E-state index contributed by atoms with van der Waals surface area (Å²) in [5.41, 5.74) is 0. The van der Waals surface area contributed by atoms with Crippen LogP contribution >= 0.6 is 15.9 Å². The fourth-order valence-corrected chi connectivity index (χ4v) is 2.17. The first-order valence-electron chi connectivity index (χ1n) is 6.67. The fourth-order valence-electron chi connectivity index (χ4n) is 1.68. The lowest BCUT2D eigenvalue weighted by Crippen LogP contribution is -2.24. The lowest BCUT2D eigenvalue weighted by molar-refractivity contribution is 0.401. The van der Waals surface area contributed by atoms with E-state index in [4.69, 9.17) is 0 Å². The Bertz CT molecular complexity index is 383. The summed E-state index contributed by atoms with van der Waals surface area (Å²) in [6.07, 6.45) is 3.98. The molecular weight excluding hydrogens is 306 g/mol. The maximum atomic E-state index is 4.55. The van der Waals surface area contributed by atoms with E-state index in [-0.39, 0.29) is 0 Å². The van der Waals surface area contributed by atoms with E-state index in [1.54, 1.807) is 0 Å². The molecule has 0 aliphatic carbocycles. The van der Waals surface area contributed by atoms with E-state index in [1.807, 2.05) is 6.20 Å². The van der Waals surface area contributed by atoms with Gasteiger partial charge in [-0.05, 0) is 49.4 Å². The quantitative estimate of drug-likeness (QED) is 0.793. The summed E-state index contributed by atoms with van der Waals surface area (Å²) in [5, 5.41) is 3.21. The Kier molecular flexibility index (Phi) is 7.09. The molecule has 0 aromatic carbocycles. The molecule has 0 spiro atoms. The van der Waals surface area contributed by atoms with Crippen LogP contribution in [0.2, 0.25) is 0 Å². The molecule has 0 bridgehead atoms. The van der Waals surface area contributed by atoms with Gasteiger partial charge in [-0.3, -0.25) is 0 Å². The van der Waals surface area contributed by atoms with Crippen LogP contribution in [-0.4, -0.2) is 55.6 Å². The van der Waals surface area contributed by atoms with Crippen molar-refractivity contribution in [3.8, 4) is 0 Å². The maximum Gasteiger partial charge on any atom is 0.224 e. The topological polar surface area (TPSA) is 44.3 Å². The Labute approximate surface area is 124 Å². The predicted molar refractivity (Wildman–Crippen MR) is 85.0 cm³/mol. The van der Waals surface area contributed by atoms with Gasteiger partial charge in [0.25, 0.3) is 0 Å². The third-order valence-electron chi connectivity index (χ3n) is 2.72. The second-order valence-electron chi connectivity index (χ2n) is 4.87. The van der Waals surface area contributed by atoms with Crippen molar-refractivity contribution < 1.29 is 0 Å². The summed E-state index contributed by atoms with van der Waals surface area (Å²) in [5.74, 6) is 1.63. The Morgan fingerprint density at radius 2 is 2.00 bits per heavy atom. The van der Waals surface area contributed by atoms with Crippen LogP contribution in [0.1, 0.15) is 19.8 Å². The van der Waals surface area contributed by atoms with Gasteiger partial charge in [-0.1, -0.05) is 6.92 Å². The number of halogens is 1. The summed E-state index contributed by atoms with van der Waals surface area (Å²) >= 11 is 3.52. The molecule has 0 saturated heterocycles. The highest BCUT2D eigenvalue weighted by Gasteiger charge is 2.09. The van der Waals surface area contributed by atoms with Crippen LogP contribution in [0.3, 0.4) is 0 Å². The van der Waals surface area contributed by atoms with Crippen LogP contribution in [-0.2, 0) is 0 Å². The Balaban J connectivity index is 2.63. The molecule has 0 unspecified atom stereocenters. The van der Waals surface area contributed by atoms with Gasteiger partial charge in [0.1, 0.15) is 5.82 Å². The monoisotopic (exact) mass is 329 g/mol. The average Bonchev–Trinajstić information content (AvgIpc) is 2.37. The van der Waals surface area contributed by atoms with E-state index in [0.717, 1.165) is 42.8 Å². The Hall–Kier alpha value is -0.880. The lowest BCUT2D eigenvalue weighted by atomic mass is 10.3. The first-order valence-corrected chi connectivity index (χ1v) is 7.46. The average molecular weight is 330 g/mol. The van der Waals surface area contributed by atoms with Gasteiger partial charge in [0.15, 0.2) is 0 Å². The standard InChI is InChI=1S/C13H24BrN5/c1-5-7-15-13-16-10-11(14)12(17-13)19(4)9-6-8-18(2)3/h10H,5-9H2,1-4H3,(H,15,16,17). The molecule has 0 fully saturated rings.